The van der Waals surface area contributed by atoms with Gasteiger partial charge in [0.2, 0.25) is 0 Å². The number of carbonyl (C=O) groups is 1. The summed E-state index contributed by atoms with van der Waals surface area (Å²) >= 11 is 1.86. The van der Waals surface area contributed by atoms with Gasteiger partial charge in [-0.25, -0.2) is 0 Å². The van der Waals surface area contributed by atoms with Gasteiger partial charge < -0.3 is 9.80 Å². The smallest absolute Gasteiger partial charge is 0.150 e. The van der Waals surface area contributed by atoms with Gasteiger partial charge in [0.15, 0.2) is 0 Å². The fourth-order valence-corrected chi connectivity index (χ4v) is 5.06. The number of fused-ring (bicyclic) bond motifs is 2. The van der Waals surface area contributed by atoms with Gasteiger partial charge in [-0.15, -0.1) is 0 Å². The Bertz CT molecular complexity index is 753. The molecule has 0 aliphatic carbocycles. The molecule has 124 valence electrons. The summed E-state index contributed by atoms with van der Waals surface area (Å²) in [5, 5.41) is 0. The van der Waals surface area contributed by atoms with Crippen LogP contribution < -0.4 is 9.80 Å². The van der Waals surface area contributed by atoms with E-state index in [0.29, 0.717) is 6.04 Å². The summed E-state index contributed by atoms with van der Waals surface area (Å²) in [5.41, 5.74) is 3.59. The van der Waals surface area contributed by atoms with Gasteiger partial charge >= 0.3 is 0 Å². The molecule has 1 saturated heterocycles. The van der Waals surface area contributed by atoms with E-state index in [4.69, 9.17) is 0 Å². The van der Waals surface area contributed by atoms with E-state index < -0.39 is 0 Å². The molecular formula is C20H24N2OS+2. The molecule has 2 aromatic carbocycles. The number of piperazine rings is 1. The number of aldehydes is 1. The van der Waals surface area contributed by atoms with E-state index in [9.17, 15) is 4.79 Å². The molecular weight excluding hydrogens is 316 g/mol. The summed E-state index contributed by atoms with van der Waals surface area (Å²) in [4.78, 5) is 17.3. The number of quaternary nitrogens is 2. The lowest BCUT2D eigenvalue weighted by Crippen LogP contribution is -3.27. The van der Waals surface area contributed by atoms with Crippen LogP contribution in [0.15, 0.2) is 52.3 Å². The maximum absolute atomic E-state index is 11.3. The highest BCUT2D eigenvalue weighted by Gasteiger charge is 2.33. The zero-order valence-electron chi connectivity index (χ0n) is 14.0. The first kappa shape index (κ1) is 15.9. The van der Waals surface area contributed by atoms with Crippen LogP contribution in [0.25, 0.3) is 0 Å². The van der Waals surface area contributed by atoms with Crippen molar-refractivity contribution in [3.63, 3.8) is 0 Å². The number of hydrogen-bond donors (Lipinski definition) is 2. The lowest BCUT2D eigenvalue weighted by molar-refractivity contribution is -1.02. The molecule has 2 N–H and O–H groups in total. The lowest BCUT2D eigenvalue weighted by Gasteiger charge is -2.33. The maximum Gasteiger partial charge on any atom is 0.150 e. The van der Waals surface area contributed by atoms with E-state index in [1.807, 2.05) is 17.8 Å². The third kappa shape index (κ3) is 3.02. The van der Waals surface area contributed by atoms with Gasteiger partial charge in [-0.05, 0) is 23.8 Å². The third-order valence-electron chi connectivity index (χ3n) is 5.40. The fraction of sp³-hybridized carbons (Fsp3) is 0.350. The van der Waals surface area contributed by atoms with Crippen LogP contribution in [0.1, 0.15) is 27.5 Å². The average Bonchev–Trinajstić information content (AvgIpc) is 2.78. The van der Waals surface area contributed by atoms with Crippen molar-refractivity contribution in [1.82, 2.24) is 0 Å². The van der Waals surface area contributed by atoms with E-state index in [1.165, 1.54) is 47.1 Å². The van der Waals surface area contributed by atoms with E-state index in [2.05, 4.69) is 43.4 Å². The Morgan fingerprint density at radius 3 is 2.62 bits per heavy atom. The standard InChI is InChI=1S/C20H22N2OS/c1-21-8-10-22(11-9-21)18-13-16-4-2-3-5-19(16)24-20-7-6-15(14-23)12-17(18)20/h2-7,12,14,18H,8-11,13H2,1H3/p+2/t18-/m0/s1. The molecule has 4 rings (SSSR count). The number of benzene rings is 2. The minimum Gasteiger partial charge on any atom is -0.328 e. The number of rotatable bonds is 2. The number of likely N-dealkylation sites (N-methyl/N-ethyl adjacent to an activating group) is 1. The van der Waals surface area contributed by atoms with Crippen molar-refractivity contribution in [2.24, 2.45) is 0 Å². The van der Waals surface area contributed by atoms with Crippen molar-refractivity contribution in [3.8, 4) is 0 Å². The molecule has 1 atom stereocenters. The molecule has 0 saturated carbocycles. The van der Waals surface area contributed by atoms with Crippen molar-refractivity contribution in [1.29, 1.82) is 0 Å². The van der Waals surface area contributed by atoms with Gasteiger partial charge in [0, 0.05) is 27.3 Å². The van der Waals surface area contributed by atoms with E-state index in [-0.39, 0.29) is 0 Å². The zero-order valence-corrected chi connectivity index (χ0v) is 14.9. The molecule has 2 aromatic rings. The molecule has 1 fully saturated rings. The van der Waals surface area contributed by atoms with Gasteiger partial charge in [-0.2, -0.15) is 0 Å². The molecule has 0 spiro atoms. The molecule has 24 heavy (non-hydrogen) atoms. The average molecular weight is 340 g/mol. The van der Waals surface area contributed by atoms with Crippen LogP contribution in [-0.2, 0) is 6.42 Å². The van der Waals surface area contributed by atoms with Crippen LogP contribution in [0.4, 0.5) is 0 Å². The maximum atomic E-state index is 11.3. The summed E-state index contributed by atoms with van der Waals surface area (Å²) in [6.45, 7) is 4.86. The Balaban J connectivity index is 1.77. The Labute approximate surface area is 147 Å². The van der Waals surface area contributed by atoms with Crippen LogP contribution in [0.5, 0.6) is 0 Å². The minimum atomic E-state index is 0.448. The van der Waals surface area contributed by atoms with E-state index in [0.717, 1.165) is 18.3 Å². The second-order valence-electron chi connectivity index (χ2n) is 7.00. The first-order chi connectivity index (χ1) is 11.7. The van der Waals surface area contributed by atoms with Gasteiger partial charge in [-0.3, -0.25) is 4.79 Å². The van der Waals surface area contributed by atoms with Crippen molar-refractivity contribution in [2.75, 3.05) is 33.2 Å². The molecule has 2 heterocycles. The lowest BCUT2D eigenvalue weighted by atomic mass is 9.95. The highest BCUT2D eigenvalue weighted by molar-refractivity contribution is 7.99. The Morgan fingerprint density at radius 2 is 1.83 bits per heavy atom. The Morgan fingerprint density at radius 1 is 1.04 bits per heavy atom. The van der Waals surface area contributed by atoms with Crippen molar-refractivity contribution in [3.05, 3.63) is 59.2 Å². The highest BCUT2D eigenvalue weighted by atomic mass is 32.2. The van der Waals surface area contributed by atoms with Crippen LogP contribution >= 0.6 is 11.8 Å². The van der Waals surface area contributed by atoms with Crippen LogP contribution in [0, 0.1) is 0 Å². The summed E-state index contributed by atoms with van der Waals surface area (Å²) in [6, 6.07) is 15.4. The van der Waals surface area contributed by atoms with Crippen molar-refractivity contribution >= 4 is 18.0 Å². The minimum absolute atomic E-state index is 0.448. The summed E-state index contributed by atoms with van der Waals surface area (Å²) in [6.07, 6.45) is 2.04. The first-order valence-corrected chi connectivity index (χ1v) is 9.57. The molecule has 0 radical (unpaired) electrons. The zero-order chi connectivity index (χ0) is 16.5. The second-order valence-corrected chi connectivity index (χ2v) is 8.08. The molecule has 3 nitrogen and oxygen atoms in total. The van der Waals surface area contributed by atoms with Crippen LogP contribution in [-0.4, -0.2) is 39.5 Å². The molecule has 2 aliphatic heterocycles. The Kier molecular flexibility index (Phi) is 4.44. The molecule has 0 amide bonds. The fourth-order valence-electron chi connectivity index (χ4n) is 3.94. The number of carbonyl (C=O) groups excluding carboxylic acids is 1. The SMILES string of the molecule is C[NH+]1CC[NH+]([C@H]2Cc3ccccc3Sc3ccc(C=O)cc32)CC1. The monoisotopic (exact) mass is 340 g/mol. The quantitative estimate of drug-likeness (QED) is 0.786. The van der Waals surface area contributed by atoms with Gasteiger partial charge in [0.05, 0.1) is 7.05 Å². The predicted octanol–water partition coefficient (Wildman–Crippen LogP) is 0.661. The van der Waals surface area contributed by atoms with Crippen LogP contribution in [0.3, 0.4) is 0 Å². The molecule has 0 bridgehead atoms. The normalized spacial score (nSPS) is 26.1. The Hall–Kier alpha value is -1.62. The molecule has 0 aromatic heterocycles. The predicted molar refractivity (Wildman–Crippen MR) is 96.2 cm³/mol. The van der Waals surface area contributed by atoms with Gasteiger partial charge in [0.1, 0.15) is 38.5 Å². The topological polar surface area (TPSA) is 26.0 Å². The third-order valence-corrected chi connectivity index (χ3v) is 6.61. The van der Waals surface area contributed by atoms with E-state index >= 15 is 0 Å². The van der Waals surface area contributed by atoms with Crippen molar-refractivity contribution < 1.29 is 14.6 Å². The summed E-state index contributed by atoms with van der Waals surface area (Å²) in [5.74, 6) is 0. The van der Waals surface area contributed by atoms with Gasteiger partial charge in [-0.1, -0.05) is 36.0 Å². The van der Waals surface area contributed by atoms with E-state index in [1.54, 1.807) is 9.80 Å². The second kappa shape index (κ2) is 6.71. The van der Waals surface area contributed by atoms with Crippen LogP contribution in [0.2, 0.25) is 0 Å². The van der Waals surface area contributed by atoms with Gasteiger partial charge in [0.25, 0.3) is 0 Å². The number of hydrogen-bond acceptors (Lipinski definition) is 2. The number of nitrogens with one attached hydrogen (secondary N) is 2. The highest BCUT2D eigenvalue weighted by Crippen LogP contribution is 2.40. The largest absolute Gasteiger partial charge is 0.328 e. The molecule has 0 unspecified atom stereocenters. The first-order valence-electron chi connectivity index (χ1n) is 8.75. The van der Waals surface area contributed by atoms with Crippen molar-refractivity contribution in [2.45, 2.75) is 22.3 Å². The summed E-state index contributed by atoms with van der Waals surface area (Å²) in [7, 11) is 2.29. The summed E-state index contributed by atoms with van der Waals surface area (Å²) < 4.78 is 0. The molecule has 4 heteroatoms. The molecule has 2 aliphatic rings.